The van der Waals surface area contributed by atoms with Crippen LogP contribution in [0.1, 0.15) is 23.6 Å². The van der Waals surface area contributed by atoms with Gasteiger partial charge in [0.15, 0.2) is 0 Å². The molecule has 0 aliphatic rings. The number of carbonyl (C=O) groups is 1. The number of benzene rings is 2. The lowest BCUT2D eigenvalue weighted by Crippen LogP contribution is -2.20. The molecule has 3 aromatic rings. The van der Waals surface area contributed by atoms with Crippen LogP contribution in [0.3, 0.4) is 0 Å². The SMILES string of the molecule is C=C(C)COc1cc2oc(=O)c(CC(=O)Nc3ccc(CCO)cc3)c(C)c2cc1Cl. The van der Waals surface area contributed by atoms with Crippen LogP contribution in [0.5, 0.6) is 5.75 Å². The summed E-state index contributed by atoms with van der Waals surface area (Å²) in [5.41, 5.74) is 3.07. The maximum atomic E-state index is 12.6. The van der Waals surface area contributed by atoms with Gasteiger partial charge >= 0.3 is 5.63 Å². The number of rotatable bonds is 8. The summed E-state index contributed by atoms with van der Waals surface area (Å²) in [6, 6.07) is 10.4. The van der Waals surface area contributed by atoms with Crippen molar-refractivity contribution < 1.29 is 19.1 Å². The first-order valence-corrected chi connectivity index (χ1v) is 10.2. The minimum Gasteiger partial charge on any atom is -0.488 e. The number of aliphatic hydroxyl groups excluding tert-OH is 1. The normalized spacial score (nSPS) is 10.8. The Kier molecular flexibility index (Phi) is 7.15. The molecule has 0 atom stereocenters. The number of aliphatic hydroxyl groups is 1. The second-order valence-electron chi connectivity index (χ2n) is 7.41. The van der Waals surface area contributed by atoms with Crippen molar-refractivity contribution in [2.45, 2.75) is 26.7 Å². The highest BCUT2D eigenvalue weighted by molar-refractivity contribution is 6.32. The van der Waals surface area contributed by atoms with E-state index in [4.69, 9.17) is 25.9 Å². The van der Waals surface area contributed by atoms with Gasteiger partial charge in [-0.2, -0.15) is 0 Å². The number of nitrogens with one attached hydrogen (secondary N) is 1. The Morgan fingerprint density at radius 1 is 1.26 bits per heavy atom. The van der Waals surface area contributed by atoms with Gasteiger partial charge < -0.3 is 19.6 Å². The van der Waals surface area contributed by atoms with Crippen molar-refractivity contribution in [2.24, 2.45) is 0 Å². The van der Waals surface area contributed by atoms with Crippen LogP contribution in [0.2, 0.25) is 5.02 Å². The molecule has 6 nitrogen and oxygen atoms in total. The van der Waals surface area contributed by atoms with E-state index in [0.29, 0.717) is 46.0 Å². The van der Waals surface area contributed by atoms with Gasteiger partial charge in [0.05, 0.1) is 17.0 Å². The average molecular weight is 442 g/mol. The molecule has 1 heterocycles. The number of hydrogen-bond donors (Lipinski definition) is 2. The van der Waals surface area contributed by atoms with E-state index in [9.17, 15) is 9.59 Å². The van der Waals surface area contributed by atoms with E-state index >= 15 is 0 Å². The van der Waals surface area contributed by atoms with Crippen LogP contribution >= 0.6 is 11.6 Å². The molecule has 2 N–H and O–H groups in total. The van der Waals surface area contributed by atoms with Crippen molar-refractivity contribution >= 4 is 34.2 Å². The largest absolute Gasteiger partial charge is 0.488 e. The van der Waals surface area contributed by atoms with Crippen LogP contribution in [0.15, 0.2) is 57.8 Å². The van der Waals surface area contributed by atoms with Crippen LogP contribution in [0.25, 0.3) is 11.0 Å². The van der Waals surface area contributed by atoms with Gasteiger partial charge in [-0.05, 0) is 55.2 Å². The number of anilines is 1. The molecule has 162 valence electrons. The fourth-order valence-electron chi connectivity index (χ4n) is 3.16. The number of hydrogen-bond acceptors (Lipinski definition) is 5. The highest BCUT2D eigenvalue weighted by Crippen LogP contribution is 2.32. The molecule has 3 rings (SSSR count). The van der Waals surface area contributed by atoms with Crippen LogP contribution in [0, 0.1) is 6.92 Å². The number of carbonyl (C=O) groups excluding carboxylic acids is 1. The van der Waals surface area contributed by atoms with Crippen molar-refractivity contribution in [1.82, 2.24) is 0 Å². The average Bonchev–Trinajstić information content (AvgIpc) is 2.72. The maximum Gasteiger partial charge on any atom is 0.340 e. The van der Waals surface area contributed by atoms with Gasteiger partial charge in [0.1, 0.15) is 17.9 Å². The molecule has 0 bridgehead atoms. The third-order valence-corrected chi connectivity index (χ3v) is 5.08. The van der Waals surface area contributed by atoms with Gasteiger partial charge in [-0.1, -0.05) is 30.3 Å². The van der Waals surface area contributed by atoms with Crippen molar-refractivity contribution in [3.63, 3.8) is 0 Å². The first-order valence-electron chi connectivity index (χ1n) is 9.81. The number of aryl methyl sites for hydroxylation is 1. The fraction of sp³-hybridized carbons (Fsp3) is 0.250. The van der Waals surface area contributed by atoms with E-state index in [1.807, 2.05) is 19.1 Å². The third kappa shape index (κ3) is 5.54. The molecule has 1 aromatic heterocycles. The summed E-state index contributed by atoms with van der Waals surface area (Å²) in [6.45, 7) is 7.74. The van der Waals surface area contributed by atoms with Gasteiger partial charge in [0.25, 0.3) is 0 Å². The summed E-state index contributed by atoms with van der Waals surface area (Å²) in [7, 11) is 0. The number of amides is 1. The van der Waals surface area contributed by atoms with Crippen LogP contribution in [-0.2, 0) is 17.6 Å². The highest BCUT2D eigenvalue weighted by atomic mass is 35.5. The summed E-state index contributed by atoms with van der Waals surface area (Å²) in [5.74, 6) is 0.0621. The van der Waals surface area contributed by atoms with Gasteiger partial charge in [0, 0.05) is 23.7 Å². The molecule has 0 unspecified atom stereocenters. The first kappa shape index (κ1) is 22.6. The summed E-state index contributed by atoms with van der Waals surface area (Å²) in [5, 5.41) is 12.8. The zero-order chi connectivity index (χ0) is 22.5. The quantitative estimate of drug-likeness (QED) is 0.399. The Hall–Kier alpha value is -3.09. The molecule has 0 aliphatic heterocycles. The van der Waals surface area contributed by atoms with Gasteiger partial charge in [-0.25, -0.2) is 4.79 Å². The number of halogens is 1. The summed E-state index contributed by atoms with van der Waals surface area (Å²) in [4.78, 5) is 25.1. The first-order chi connectivity index (χ1) is 14.8. The van der Waals surface area contributed by atoms with E-state index in [-0.39, 0.29) is 24.5 Å². The van der Waals surface area contributed by atoms with Gasteiger partial charge in [0.2, 0.25) is 5.91 Å². The van der Waals surface area contributed by atoms with Gasteiger partial charge in [-0.15, -0.1) is 0 Å². The summed E-state index contributed by atoms with van der Waals surface area (Å²) in [6.07, 6.45) is 0.419. The second kappa shape index (κ2) is 9.81. The van der Waals surface area contributed by atoms with Crippen LogP contribution in [-0.4, -0.2) is 24.2 Å². The maximum absolute atomic E-state index is 12.6. The third-order valence-electron chi connectivity index (χ3n) is 4.79. The monoisotopic (exact) mass is 441 g/mol. The Labute approximate surface area is 185 Å². The number of ether oxygens (including phenoxy) is 1. The van der Waals surface area contributed by atoms with E-state index < -0.39 is 5.63 Å². The Morgan fingerprint density at radius 3 is 2.61 bits per heavy atom. The molecule has 0 spiro atoms. The molecule has 0 saturated carbocycles. The van der Waals surface area contributed by atoms with Crippen molar-refractivity contribution in [3.8, 4) is 5.75 Å². The standard InChI is InChI=1S/C24H24ClNO5/c1-14(2)13-30-22-12-21-18(10-20(22)25)15(3)19(24(29)31-21)11-23(28)26-17-6-4-16(5-7-17)8-9-27/h4-7,10,12,27H,1,8-9,11,13H2,2-3H3,(H,26,28). The predicted octanol–water partition coefficient (Wildman–Crippen LogP) is 4.43. The Bertz CT molecular complexity index is 1180. The zero-order valence-corrected chi connectivity index (χ0v) is 18.2. The van der Waals surface area contributed by atoms with Crippen molar-refractivity contribution in [3.05, 3.63) is 80.7 Å². The van der Waals surface area contributed by atoms with E-state index in [1.54, 1.807) is 31.2 Å². The minimum absolute atomic E-state index is 0.0637. The van der Waals surface area contributed by atoms with Crippen molar-refractivity contribution in [1.29, 1.82) is 0 Å². The van der Waals surface area contributed by atoms with Crippen molar-refractivity contribution in [2.75, 3.05) is 18.5 Å². The van der Waals surface area contributed by atoms with E-state index in [0.717, 1.165) is 11.1 Å². The van der Waals surface area contributed by atoms with Gasteiger partial charge in [-0.3, -0.25) is 4.79 Å². The molecular formula is C24H24ClNO5. The minimum atomic E-state index is -0.577. The molecule has 2 aromatic carbocycles. The Balaban J connectivity index is 1.83. The van der Waals surface area contributed by atoms with Crippen LogP contribution in [0.4, 0.5) is 5.69 Å². The molecule has 0 aliphatic carbocycles. The molecule has 7 heteroatoms. The fourth-order valence-corrected chi connectivity index (χ4v) is 3.37. The summed E-state index contributed by atoms with van der Waals surface area (Å²) < 4.78 is 11.0. The smallest absolute Gasteiger partial charge is 0.340 e. The van der Waals surface area contributed by atoms with E-state index in [2.05, 4.69) is 11.9 Å². The second-order valence-corrected chi connectivity index (χ2v) is 7.82. The molecular weight excluding hydrogens is 418 g/mol. The Morgan fingerprint density at radius 2 is 1.97 bits per heavy atom. The molecule has 0 fully saturated rings. The molecule has 0 radical (unpaired) electrons. The van der Waals surface area contributed by atoms with Crippen LogP contribution < -0.4 is 15.7 Å². The molecule has 1 amide bonds. The lowest BCUT2D eigenvalue weighted by Gasteiger charge is -2.12. The highest BCUT2D eigenvalue weighted by Gasteiger charge is 2.17. The lowest BCUT2D eigenvalue weighted by atomic mass is 10.0. The van der Waals surface area contributed by atoms with E-state index in [1.165, 1.54) is 0 Å². The summed E-state index contributed by atoms with van der Waals surface area (Å²) >= 11 is 6.33. The topological polar surface area (TPSA) is 88.8 Å². The lowest BCUT2D eigenvalue weighted by molar-refractivity contribution is -0.115. The predicted molar refractivity (Wildman–Crippen MR) is 122 cm³/mol. The zero-order valence-electron chi connectivity index (χ0n) is 17.5. The number of fused-ring (bicyclic) bond motifs is 1. The molecule has 31 heavy (non-hydrogen) atoms. The molecule has 0 saturated heterocycles.